The third-order valence-corrected chi connectivity index (χ3v) is 8.50. The van der Waals surface area contributed by atoms with E-state index in [-0.39, 0.29) is 41.8 Å². The number of nitrogens with zero attached hydrogens (tertiary/aromatic N) is 1. The van der Waals surface area contributed by atoms with Crippen LogP contribution in [0.4, 0.5) is 0 Å². The number of benzene rings is 2. The fraction of sp³-hybridized carbons (Fsp3) is 0.462. The molecule has 1 saturated heterocycles. The highest BCUT2D eigenvalue weighted by molar-refractivity contribution is 7.89. The van der Waals surface area contributed by atoms with Gasteiger partial charge in [0.15, 0.2) is 0 Å². The van der Waals surface area contributed by atoms with Crippen molar-refractivity contribution in [1.82, 2.24) is 14.9 Å². The summed E-state index contributed by atoms with van der Waals surface area (Å²) in [6.45, 7) is 4.39. The second-order valence-electron chi connectivity index (χ2n) is 8.91. The molecule has 1 aliphatic rings. The van der Waals surface area contributed by atoms with Gasteiger partial charge >= 0.3 is 0 Å². The van der Waals surface area contributed by atoms with Crippen LogP contribution in [0.1, 0.15) is 43.5 Å². The molecule has 2 aromatic rings. The predicted molar refractivity (Wildman–Crippen MR) is 137 cm³/mol. The van der Waals surface area contributed by atoms with Gasteiger partial charge in [0, 0.05) is 24.7 Å². The van der Waals surface area contributed by atoms with Crippen LogP contribution in [-0.2, 0) is 14.8 Å². The summed E-state index contributed by atoms with van der Waals surface area (Å²) in [5.41, 5.74) is 0.414. The van der Waals surface area contributed by atoms with Crippen LogP contribution in [0.3, 0.4) is 0 Å². The topological polar surface area (TPSA) is 114 Å². The van der Waals surface area contributed by atoms with E-state index in [1.165, 1.54) is 23.5 Å². The van der Waals surface area contributed by atoms with E-state index in [0.29, 0.717) is 29.9 Å². The molecule has 1 fully saturated rings. The number of hydrogen-bond acceptors (Lipinski definition) is 6. The summed E-state index contributed by atoms with van der Waals surface area (Å²) >= 11 is 0. The highest BCUT2D eigenvalue weighted by Gasteiger charge is 2.36. The first-order chi connectivity index (χ1) is 17.2. The van der Waals surface area contributed by atoms with Crippen molar-refractivity contribution in [2.24, 2.45) is 5.92 Å². The number of methoxy groups -OCH3 is 2. The molecule has 10 heteroatoms. The second-order valence-corrected chi connectivity index (χ2v) is 10.9. The molecule has 9 nitrogen and oxygen atoms in total. The second kappa shape index (κ2) is 12.2. The summed E-state index contributed by atoms with van der Waals surface area (Å²) in [5, 5.41) is 5.86. The van der Waals surface area contributed by atoms with Crippen molar-refractivity contribution in [3.63, 3.8) is 0 Å². The van der Waals surface area contributed by atoms with Crippen molar-refractivity contribution in [3.05, 3.63) is 54.1 Å². The maximum absolute atomic E-state index is 13.1. The molecule has 1 aliphatic heterocycles. The lowest BCUT2D eigenvalue weighted by Crippen LogP contribution is -2.55. The van der Waals surface area contributed by atoms with Crippen molar-refractivity contribution in [2.75, 3.05) is 27.3 Å². The van der Waals surface area contributed by atoms with E-state index in [9.17, 15) is 18.0 Å². The summed E-state index contributed by atoms with van der Waals surface area (Å²) in [7, 11) is -0.603. The Bertz CT molecular complexity index is 1130. The van der Waals surface area contributed by atoms with Crippen LogP contribution in [0, 0.1) is 5.92 Å². The van der Waals surface area contributed by atoms with Gasteiger partial charge in [-0.05, 0) is 80.6 Å². The number of carbonyl (C=O) groups excluding carboxylic acids is 2. The first-order valence-electron chi connectivity index (χ1n) is 12.1. The Morgan fingerprint density at radius 3 is 1.97 bits per heavy atom. The lowest BCUT2D eigenvalue weighted by molar-refractivity contribution is -0.125. The van der Waals surface area contributed by atoms with Gasteiger partial charge in [-0.15, -0.1) is 0 Å². The molecule has 0 saturated carbocycles. The van der Waals surface area contributed by atoms with Gasteiger partial charge in [0.05, 0.1) is 19.1 Å². The monoisotopic (exact) mass is 517 g/mol. The van der Waals surface area contributed by atoms with Gasteiger partial charge in [0.25, 0.3) is 5.91 Å². The van der Waals surface area contributed by atoms with Crippen LogP contribution >= 0.6 is 0 Å². The van der Waals surface area contributed by atoms with Crippen LogP contribution < -0.4 is 20.1 Å². The Labute approximate surface area is 213 Å². The number of ether oxygens (including phenoxy) is 2. The van der Waals surface area contributed by atoms with Gasteiger partial charge in [-0.25, -0.2) is 8.42 Å². The van der Waals surface area contributed by atoms with E-state index in [0.717, 1.165) is 6.42 Å². The van der Waals surface area contributed by atoms with Crippen molar-refractivity contribution >= 4 is 21.8 Å². The molecule has 0 radical (unpaired) electrons. The fourth-order valence-electron chi connectivity index (χ4n) is 4.15. The van der Waals surface area contributed by atoms with Crippen molar-refractivity contribution < 1.29 is 27.5 Å². The molecule has 3 rings (SSSR count). The average molecular weight is 518 g/mol. The Morgan fingerprint density at radius 2 is 1.47 bits per heavy atom. The Kier molecular flexibility index (Phi) is 9.33. The Balaban J connectivity index is 1.73. The highest BCUT2D eigenvalue weighted by atomic mass is 32.2. The van der Waals surface area contributed by atoms with Gasteiger partial charge in [0.2, 0.25) is 15.9 Å². The average Bonchev–Trinajstić information content (AvgIpc) is 2.91. The first-order valence-corrected chi connectivity index (χ1v) is 13.5. The van der Waals surface area contributed by atoms with E-state index in [1.54, 1.807) is 43.5 Å². The number of amides is 2. The lowest BCUT2D eigenvalue weighted by Gasteiger charge is -2.35. The van der Waals surface area contributed by atoms with Crippen LogP contribution in [0.15, 0.2) is 53.4 Å². The number of rotatable bonds is 10. The zero-order valence-corrected chi connectivity index (χ0v) is 22.0. The lowest BCUT2D eigenvalue weighted by atomic mass is 9.89. The smallest absolute Gasteiger partial charge is 0.251 e. The van der Waals surface area contributed by atoms with Crippen molar-refractivity contribution in [3.8, 4) is 11.5 Å². The third kappa shape index (κ3) is 6.55. The summed E-state index contributed by atoms with van der Waals surface area (Å²) < 4.78 is 37.9. The van der Waals surface area contributed by atoms with Gasteiger partial charge < -0.3 is 20.1 Å². The number of carbonyl (C=O) groups is 2. The molecular formula is C26H35N3O6S. The third-order valence-electron chi connectivity index (χ3n) is 6.59. The van der Waals surface area contributed by atoms with Crippen LogP contribution in [-0.4, -0.2) is 63.9 Å². The molecule has 36 heavy (non-hydrogen) atoms. The molecule has 2 amide bonds. The zero-order valence-electron chi connectivity index (χ0n) is 21.2. The number of nitrogens with one attached hydrogen (secondary N) is 2. The van der Waals surface area contributed by atoms with E-state index in [1.807, 2.05) is 13.8 Å². The molecule has 2 atom stereocenters. The predicted octanol–water partition coefficient (Wildman–Crippen LogP) is 2.82. The largest absolute Gasteiger partial charge is 0.497 e. The minimum absolute atomic E-state index is 0.0478. The summed E-state index contributed by atoms with van der Waals surface area (Å²) in [6, 6.07) is 12.1. The molecular weight excluding hydrogens is 482 g/mol. The molecule has 2 aromatic carbocycles. The van der Waals surface area contributed by atoms with E-state index < -0.39 is 16.1 Å². The Morgan fingerprint density at radius 1 is 0.944 bits per heavy atom. The van der Waals surface area contributed by atoms with Crippen LogP contribution in [0.25, 0.3) is 0 Å². The molecule has 0 spiro atoms. The molecule has 0 aliphatic carbocycles. The minimum atomic E-state index is -3.67. The molecule has 1 heterocycles. The van der Waals surface area contributed by atoms with Gasteiger partial charge in [-0.1, -0.05) is 6.92 Å². The summed E-state index contributed by atoms with van der Waals surface area (Å²) in [4.78, 5) is 26.3. The van der Waals surface area contributed by atoms with Crippen molar-refractivity contribution in [1.29, 1.82) is 0 Å². The quantitative estimate of drug-likeness (QED) is 0.501. The first kappa shape index (κ1) is 27.5. The van der Waals surface area contributed by atoms with Crippen LogP contribution in [0.2, 0.25) is 0 Å². The Hall–Kier alpha value is -3.11. The molecule has 2 N–H and O–H groups in total. The maximum Gasteiger partial charge on any atom is 0.251 e. The fourth-order valence-corrected chi connectivity index (χ4v) is 5.62. The summed E-state index contributed by atoms with van der Waals surface area (Å²) in [5.74, 6) is 0.370. The zero-order chi connectivity index (χ0) is 26.3. The minimum Gasteiger partial charge on any atom is -0.497 e. The summed E-state index contributed by atoms with van der Waals surface area (Å²) in [6.07, 6.45) is 1.64. The van der Waals surface area contributed by atoms with E-state index in [2.05, 4.69) is 10.6 Å². The SMILES string of the molecule is CC[C@H](C)NC(=O)[C@@H](NC(=O)c1ccc(OC)cc1)C1CCN(S(=O)(=O)c2ccc(OC)cc2)CC1. The highest BCUT2D eigenvalue weighted by Crippen LogP contribution is 2.27. The van der Waals surface area contributed by atoms with E-state index >= 15 is 0 Å². The maximum atomic E-state index is 13.1. The molecule has 0 unspecified atom stereocenters. The molecule has 196 valence electrons. The molecule has 0 bridgehead atoms. The molecule has 0 aromatic heterocycles. The van der Waals surface area contributed by atoms with E-state index in [4.69, 9.17) is 9.47 Å². The van der Waals surface area contributed by atoms with Gasteiger partial charge in [-0.2, -0.15) is 4.31 Å². The standard InChI is InChI=1S/C26H35N3O6S/c1-5-18(2)27-26(31)24(28-25(30)20-6-8-21(34-3)9-7-20)19-14-16-29(17-15-19)36(32,33)23-12-10-22(35-4)11-13-23/h6-13,18-19,24H,5,14-17H2,1-4H3,(H,27,31)(H,28,30)/t18-,24-/m0/s1. The van der Waals surface area contributed by atoms with Crippen molar-refractivity contribution in [2.45, 2.75) is 50.1 Å². The normalized spacial score (nSPS) is 16.6. The number of hydrogen-bond donors (Lipinski definition) is 2. The number of sulfonamides is 1. The van der Waals surface area contributed by atoms with Crippen LogP contribution in [0.5, 0.6) is 11.5 Å². The van der Waals surface area contributed by atoms with Gasteiger partial charge in [-0.3, -0.25) is 9.59 Å². The number of piperidine rings is 1. The van der Waals surface area contributed by atoms with Gasteiger partial charge in [0.1, 0.15) is 17.5 Å².